The Labute approximate surface area is 106 Å². The Hall–Kier alpha value is -1.38. The second kappa shape index (κ2) is 12.7. The van der Waals surface area contributed by atoms with Gasteiger partial charge in [-0.25, -0.2) is 0 Å². The molecule has 0 saturated carbocycles. The van der Waals surface area contributed by atoms with Crippen molar-refractivity contribution in [1.82, 2.24) is 5.32 Å². The molecular weight excluding hydrogens is 212 g/mol. The molecule has 0 aliphatic carbocycles. The lowest BCUT2D eigenvalue weighted by atomic mass is 10.1. The van der Waals surface area contributed by atoms with Crippen molar-refractivity contribution in [3.63, 3.8) is 0 Å². The van der Waals surface area contributed by atoms with Crippen molar-refractivity contribution in [2.45, 2.75) is 40.5 Å². The van der Waals surface area contributed by atoms with Gasteiger partial charge in [-0.2, -0.15) is 0 Å². The molecule has 0 aromatic heterocycles. The number of nitrogens with zero attached hydrogens (tertiary/aromatic N) is 1. The number of carbonyl (C=O) groups excluding carboxylic acids is 1. The van der Waals surface area contributed by atoms with E-state index in [-0.39, 0.29) is 5.91 Å². The first-order valence-corrected chi connectivity index (χ1v) is 6.32. The lowest BCUT2D eigenvalue weighted by Crippen LogP contribution is -2.22. The molecule has 0 spiro atoms. The molecule has 1 rings (SSSR count). The summed E-state index contributed by atoms with van der Waals surface area (Å²) in [4.78, 5) is 15.3. The number of rotatable bonds is 1. The van der Waals surface area contributed by atoms with Gasteiger partial charge in [0.05, 0.1) is 6.42 Å². The molecule has 0 unspecified atom stereocenters. The van der Waals surface area contributed by atoms with Crippen molar-refractivity contribution >= 4 is 11.6 Å². The number of amides is 1. The largest absolute Gasteiger partial charge is 0.355 e. The van der Waals surface area contributed by atoms with Gasteiger partial charge in [0.2, 0.25) is 5.91 Å². The summed E-state index contributed by atoms with van der Waals surface area (Å²) in [6.45, 7) is 12.3. The molecule has 1 N–H and O–H groups in total. The van der Waals surface area contributed by atoms with Crippen LogP contribution in [0.4, 0.5) is 0 Å². The van der Waals surface area contributed by atoms with Crippen LogP contribution in [0.1, 0.15) is 40.5 Å². The number of hydrogen-bond donors (Lipinski definition) is 1. The molecule has 17 heavy (non-hydrogen) atoms. The summed E-state index contributed by atoms with van der Waals surface area (Å²) in [6.07, 6.45) is 4.87. The maximum atomic E-state index is 11.2. The molecule has 1 amide bonds. The van der Waals surface area contributed by atoms with Gasteiger partial charge < -0.3 is 5.32 Å². The maximum absolute atomic E-state index is 11.2. The van der Waals surface area contributed by atoms with Gasteiger partial charge in [0, 0.05) is 19.3 Å². The van der Waals surface area contributed by atoms with Crippen LogP contribution < -0.4 is 5.32 Å². The molecule has 3 heteroatoms. The van der Waals surface area contributed by atoms with Crippen molar-refractivity contribution in [2.75, 3.05) is 13.6 Å². The molecular formula is C14H26N2O. The summed E-state index contributed by atoms with van der Waals surface area (Å²) in [5.74, 6) is 0.0491. The Balaban J connectivity index is 0. The van der Waals surface area contributed by atoms with E-state index in [4.69, 9.17) is 0 Å². The van der Waals surface area contributed by atoms with Crippen LogP contribution in [-0.2, 0) is 4.79 Å². The van der Waals surface area contributed by atoms with Crippen LogP contribution in [0.2, 0.25) is 0 Å². The number of carbonyl (C=O) groups is 1. The Morgan fingerprint density at radius 3 is 2.35 bits per heavy atom. The standard InChI is InChI=1S/C10H14N2O.2C2H6/c1-3-4-8-5-6-12-10(13)7-9(8)11-2;2*1-2/h3-4H,1,5-7H2,2H3,(H,12,13);2*1-2H3/b8-4-,11-9?;;. The topological polar surface area (TPSA) is 41.5 Å². The van der Waals surface area contributed by atoms with Gasteiger partial charge in [-0.15, -0.1) is 0 Å². The minimum atomic E-state index is 0.0491. The molecule has 0 radical (unpaired) electrons. The average molecular weight is 238 g/mol. The highest BCUT2D eigenvalue weighted by molar-refractivity contribution is 6.11. The van der Waals surface area contributed by atoms with Crippen LogP contribution in [0.5, 0.6) is 0 Å². The lowest BCUT2D eigenvalue weighted by Gasteiger charge is -2.02. The predicted octanol–water partition coefficient (Wildman–Crippen LogP) is 3.13. The van der Waals surface area contributed by atoms with Crippen LogP contribution in [0.25, 0.3) is 0 Å². The fraction of sp³-hybridized carbons (Fsp3) is 0.571. The predicted molar refractivity (Wildman–Crippen MR) is 76.6 cm³/mol. The highest BCUT2D eigenvalue weighted by atomic mass is 16.1. The first kappa shape index (κ1) is 18.0. The Morgan fingerprint density at radius 2 is 1.88 bits per heavy atom. The molecule has 0 bridgehead atoms. The minimum absolute atomic E-state index is 0.0491. The summed E-state index contributed by atoms with van der Waals surface area (Å²) in [7, 11) is 1.71. The SMILES string of the molecule is C=C/C=C1/CCNC(=O)CC1=NC.CC.CC. The van der Waals surface area contributed by atoms with Gasteiger partial charge in [0.25, 0.3) is 0 Å². The monoisotopic (exact) mass is 238 g/mol. The van der Waals surface area contributed by atoms with Crippen LogP contribution in [-0.4, -0.2) is 25.2 Å². The van der Waals surface area contributed by atoms with Gasteiger partial charge in [-0.3, -0.25) is 9.79 Å². The molecule has 0 aromatic rings. The van der Waals surface area contributed by atoms with Gasteiger partial charge in [-0.05, 0) is 12.0 Å². The molecule has 1 aliphatic rings. The van der Waals surface area contributed by atoms with E-state index in [9.17, 15) is 4.79 Å². The van der Waals surface area contributed by atoms with Crippen LogP contribution >= 0.6 is 0 Å². The maximum Gasteiger partial charge on any atom is 0.226 e. The molecule has 3 nitrogen and oxygen atoms in total. The lowest BCUT2D eigenvalue weighted by molar-refractivity contribution is -0.119. The fourth-order valence-corrected chi connectivity index (χ4v) is 1.35. The highest BCUT2D eigenvalue weighted by Crippen LogP contribution is 2.10. The highest BCUT2D eigenvalue weighted by Gasteiger charge is 2.15. The van der Waals surface area contributed by atoms with E-state index in [1.807, 2.05) is 33.8 Å². The zero-order chi connectivity index (χ0) is 13.7. The van der Waals surface area contributed by atoms with Gasteiger partial charge in [-0.1, -0.05) is 46.4 Å². The summed E-state index contributed by atoms with van der Waals surface area (Å²) in [6, 6.07) is 0. The van der Waals surface area contributed by atoms with E-state index < -0.39 is 0 Å². The normalized spacial score (nSPS) is 19.2. The van der Waals surface area contributed by atoms with Crippen molar-refractivity contribution in [2.24, 2.45) is 4.99 Å². The van der Waals surface area contributed by atoms with Crippen molar-refractivity contribution < 1.29 is 4.79 Å². The van der Waals surface area contributed by atoms with Crippen LogP contribution in [0, 0.1) is 0 Å². The zero-order valence-electron chi connectivity index (χ0n) is 11.8. The smallest absolute Gasteiger partial charge is 0.226 e. The molecule has 1 aliphatic heterocycles. The first-order valence-electron chi connectivity index (χ1n) is 6.32. The number of nitrogens with one attached hydrogen (secondary N) is 1. The third-order valence-electron chi connectivity index (χ3n) is 2.00. The third kappa shape index (κ3) is 7.50. The molecule has 98 valence electrons. The Morgan fingerprint density at radius 1 is 1.29 bits per heavy atom. The van der Waals surface area contributed by atoms with Gasteiger partial charge >= 0.3 is 0 Å². The van der Waals surface area contributed by atoms with Crippen molar-refractivity contribution in [3.8, 4) is 0 Å². The Kier molecular flexibility index (Phi) is 13.4. The number of allylic oxidation sites excluding steroid dienone is 2. The minimum Gasteiger partial charge on any atom is -0.355 e. The zero-order valence-corrected chi connectivity index (χ0v) is 11.8. The third-order valence-corrected chi connectivity index (χ3v) is 2.00. The van der Waals surface area contributed by atoms with E-state index >= 15 is 0 Å². The van der Waals surface area contributed by atoms with E-state index in [0.29, 0.717) is 13.0 Å². The van der Waals surface area contributed by atoms with Crippen molar-refractivity contribution in [3.05, 3.63) is 24.3 Å². The van der Waals surface area contributed by atoms with Gasteiger partial charge in [0.15, 0.2) is 0 Å². The first-order chi connectivity index (χ1) is 8.27. The summed E-state index contributed by atoms with van der Waals surface area (Å²) < 4.78 is 0. The van der Waals surface area contributed by atoms with E-state index in [0.717, 1.165) is 17.7 Å². The van der Waals surface area contributed by atoms with Gasteiger partial charge in [0.1, 0.15) is 0 Å². The number of hydrogen-bond acceptors (Lipinski definition) is 2. The van der Waals surface area contributed by atoms with Crippen molar-refractivity contribution in [1.29, 1.82) is 0 Å². The molecule has 0 atom stereocenters. The second-order valence-electron chi connectivity index (χ2n) is 2.87. The average Bonchev–Trinajstić information content (AvgIpc) is 2.56. The second-order valence-corrected chi connectivity index (χ2v) is 2.87. The molecule has 1 saturated heterocycles. The Bertz CT molecular complexity index is 278. The summed E-state index contributed by atoms with van der Waals surface area (Å²) >= 11 is 0. The van der Waals surface area contributed by atoms with E-state index in [1.165, 1.54) is 0 Å². The summed E-state index contributed by atoms with van der Waals surface area (Å²) in [5.41, 5.74) is 1.98. The van der Waals surface area contributed by atoms with E-state index in [1.54, 1.807) is 13.1 Å². The van der Waals surface area contributed by atoms with Crippen LogP contribution in [0.3, 0.4) is 0 Å². The van der Waals surface area contributed by atoms with E-state index in [2.05, 4.69) is 16.9 Å². The number of aliphatic imine (C=N–C) groups is 1. The summed E-state index contributed by atoms with van der Waals surface area (Å²) in [5, 5.41) is 2.80. The quantitative estimate of drug-likeness (QED) is 0.749. The fourth-order valence-electron chi connectivity index (χ4n) is 1.35. The van der Waals surface area contributed by atoms with Crippen LogP contribution in [0.15, 0.2) is 29.3 Å². The molecule has 0 aromatic carbocycles. The molecule has 1 heterocycles. The molecule has 1 fully saturated rings.